The first-order valence-corrected chi connectivity index (χ1v) is 5.66. The van der Waals surface area contributed by atoms with Crippen LogP contribution in [-0.4, -0.2) is 12.5 Å². The van der Waals surface area contributed by atoms with E-state index in [1.54, 1.807) is 0 Å². The summed E-state index contributed by atoms with van der Waals surface area (Å²) in [5.41, 5.74) is 3.79. The number of hydrogen-bond acceptors (Lipinski definition) is 2. The predicted molar refractivity (Wildman–Crippen MR) is 54.2 cm³/mol. The molecule has 0 aliphatic rings. The molecule has 14 heavy (non-hydrogen) atoms. The van der Waals surface area contributed by atoms with Gasteiger partial charge in [-0.2, -0.15) is 0 Å². The van der Waals surface area contributed by atoms with E-state index in [-0.39, 0.29) is 12.3 Å². The Kier molecular flexibility index (Phi) is 8.64. The van der Waals surface area contributed by atoms with Crippen LogP contribution in [-0.2, 0) is 4.79 Å². The van der Waals surface area contributed by atoms with Crippen molar-refractivity contribution in [3.63, 3.8) is 0 Å². The summed E-state index contributed by atoms with van der Waals surface area (Å²) < 4.78 is 0. The monoisotopic (exact) mass is 201 g/mol. The number of aliphatic carboxylic acids is 1. The van der Waals surface area contributed by atoms with Gasteiger partial charge in [-0.05, 0) is 25.2 Å². The molecule has 0 unspecified atom stereocenters. The fourth-order valence-corrected chi connectivity index (χ4v) is 1.59. The molecule has 0 amide bonds. The minimum Gasteiger partial charge on any atom is -0.550 e. The lowest BCUT2D eigenvalue weighted by Crippen LogP contribution is -2.50. The number of carbonyl (C=O) groups excluding carboxylic acids is 1. The topological polar surface area (TPSA) is 67.8 Å². The van der Waals surface area contributed by atoms with Gasteiger partial charge in [0.05, 0.1) is 6.54 Å². The highest BCUT2D eigenvalue weighted by Gasteiger charge is 2.01. The molecule has 1 atom stereocenters. The molecule has 0 radical (unpaired) electrons. The zero-order valence-electron chi connectivity index (χ0n) is 9.26. The summed E-state index contributed by atoms with van der Waals surface area (Å²) in [5.74, 6) is -0.651. The molecule has 0 aliphatic heterocycles. The summed E-state index contributed by atoms with van der Waals surface area (Å²) in [4.78, 5) is 10.3. The molecule has 0 saturated carbocycles. The molecule has 0 heterocycles. The highest BCUT2D eigenvalue weighted by atomic mass is 16.4. The Bertz CT molecular complexity index is 148. The molecule has 0 aliphatic carbocycles. The second-order valence-electron chi connectivity index (χ2n) is 4.09. The SMILES string of the molecule is C[C@@H](CCCCCCC[NH3+])CC(=O)[O-]. The number of quaternary nitrogens is 1. The molecule has 3 nitrogen and oxygen atoms in total. The fraction of sp³-hybridized carbons (Fsp3) is 0.909. The maximum absolute atomic E-state index is 10.3. The summed E-state index contributed by atoms with van der Waals surface area (Å²) in [6.07, 6.45) is 7.32. The van der Waals surface area contributed by atoms with Crippen LogP contribution in [0.3, 0.4) is 0 Å². The Morgan fingerprint density at radius 2 is 1.79 bits per heavy atom. The van der Waals surface area contributed by atoms with Crippen LogP contribution in [0, 0.1) is 5.92 Å². The third-order valence-electron chi connectivity index (χ3n) is 2.46. The van der Waals surface area contributed by atoms with E-state index in [2.05, 4.69) is 5.73 Å². The van der Waals surface area contributed by atoms with Gasteiger partial charge in [-0.1, -0.05) is 32.6 Å². The van der Waals surface area contributed by atoms with Gasteiger partial charge in [0.25, 0.3) is 0 Å². The van der Waals surface area contributed by atoms with Crippen molar-refractivity contribution in [3.8, 4) is 0 Å². The van der Waals surface area contributed by atoms with E-state index in [9.17, 15) is 9.90 Å². The van der Waals surface area contributed by atoms with Gasteiger partial charge in [0.2, 0.25) is 0 Å². The maximum atomic E-state index is 10.3. The van der Waals surface area contributed by atoms with Gasteiger partial charge in [-0.15, -0.1) is 0 Å². The number of carboxylic acid groups (broad SMARTS) is 1. The maximum Gasteiger partial charge on any atom is 0.0739 e. The Morgan fingerprint density at radius 3 is 2.36 bits per heavy atom. The summed E-state index contributed by atoms with van der Waals surface area (Å²) in [5, 5.41) is 10.3. The van der Waals surface area contributed by atoms with Crippen LogP contribution < -0.4 is 10.8 Å². The number of unbranched alkanes of at least 4 members (excludes halogenated alkanes) is 4. The van der Waals surface area contributed by atoms with E-state index in [1.807, 2.05) is 6.92 Å². The first-order valence-electron chi connectivity index (χ1n) is 5.66. The minimum atomic E-state index is -0.922. The average molecular weight is 201 g/mol. The standard InChI is InChI=1S/C11H23NO2/c1-10(9-11(13)14)7-5-3-2-4-6-8-12/h10H,2-9,12H2,1H3,(H,13,14)/t10-/m0/s1. The summed E-state index contributed by atoms with van der Waals surface area (Å²) in [6.45, 7) is 3.01. The number of rotatable bonds is 9. The summed E-state index contributed by atoms with van der Waals surface area (Å²) in [6, 6.07) is 0. The van der Waals surface area contributed by atoms with E-state index in [1.165, 1.54) is 25.7 Å². The lowest BCUT2D eigenvalue weighted by molar-refractivity contribution is -0.368. The van der Waals surface area contributed by atoms with Gasteiger partial charge in [0.1, 0.15) is 0 Å². The molecule has 0 aromatic heterocycles. The van der Waals surface area contributed by atoms with E-state index < -0.39 is 5.97 Å². The highest BCUT2D eigenvalue weighted by molar-refractivity contribution is 5.64. The van der Waals surface area contributed by atoms with Crippen molar-refractivity contribution < 1.29 is 15.6 Å². The fourth-order valence-electron chi connectivity index (χ4n) is 1.59. The highest BCUT2D eigenvalue weighted by Crippen LogP contribution is 2.13. The molecule has 84 valence electrons. The first-order chi connectivity index (χ1) is 6.66. The van der Waals surface area contributed by atoms with Crippen LogP contribution in [0.4, 0.5) is 0 Å². The van der Waals surface area contributed by atoms with Gasteiger partial charge in [0.15, 0.2) is 0 Å². The third-order valence-corrected chi connectivity index (χ3v) is 2.46. The number of carbonyl (C=O) groups is 1. The van der Waals surface area contributed by atoms with E-state index >= 15 is 0 Å². The van der Waals surface area contributed by atoms with E-state index in [0.29, 0.717) is 0 Å². The smallest absolute Gasteiger partial charge is 0.0739 e. The molecule has 0 rings (SSSR count). The Balaban J connectivity index is 3.14. The zero-order valence-corrected chi connectivity index (χ0v) is 9.26. The van der Waals surface area contributed by atoms with Crippen LogP contribution in [0.2, 0.25) is 0 Å². The van der Waals surface area contributed by atoms with Gasteiger partial charge >= 0.3 is 0 Å². The van der Waals surface area contributed by atoms with Crippen molar-refractivity contribution in [3.05, 3.63) is 0 Å². The van der Waals surface area contributed by atoms with Gasteiger partial charge in [-0.25, -0.2) is 0 Å². The van der Waals surface area contributed by atoms with Crippen molar-refractivity contribution in [2.45, 2.75) is 51.9 Å². The van der Waals surface area contributed by atoms with Crippen molar-refractivity contribution in [2.75, 3.05) is 6.54 Å². The lowest BCUT2D eigenvalue weighted by Gasteiger charge is -2.11. The van der Waals surface area contributed by atoms with Crippen LogP contribution in [0.1, 0.15) is 51.9 Å². The van der Waals surface area contributed by atoms with E-state index in [0.717, 1.165) is 19.4 Å². The number of hydrogen-bond donors (Lipinski definition) is 1. The Labute approximate surface area is 86.7 Å². The molecule has 0 saturated heterocycles. The van der Waals surface area contributed by atoms with Crippen LogP contribution in [0.5, 0.6) is 0 Å². The van der Waals surface area contributed by atoms with Crippen molar-refractivity contribution in [1.82, 2.24) is 0 Å². The molecular weight excluding hydrogens is 178 g/mol. The quantitative estimate of drug-likeness (QED) is 0.547. The van der Waals surface area contributed by atoms with Crippen molar-refractivity contribution >= 4 is 5.97 Å². The van der Waals surface area contributed by atoms with Gasteiger partial charge in [0, 0.05) is 5.97 Å². The molecular formula is C11H23NO2. The van der Waals surface area contributed by atoms with Crippen molar-refractivity contribution in [2.24, 2.45) is 5.92 Å². The second kappa shape index (κ2) is 9.00. The summed E-state index contributed by atoms with van der Waals surface area (Å²) in [7, 11) is 0. The molecule has 0 aromatic rings. The number of carboxylic acids is 1. The second-order valence-corrected chi connectivity index (χ2v) is 4.09. The minimum absolute atomic E-state index is 0.207. The molecule has 3 heteroatoms. The largest absolute Gasteiger partial charge is 0.550 e. The Morgan fingerprint density at radius 1 is 1.21 bits per heavy atom. The van der Waals surface area contributed by atoms with Crippen LogP contribution >= 0.6 is 0 Å². The normalized spacial score (nSPS) is 12.7. The molecule has 3 N–H and O–H groups in total. The van der Waals surface area contributed by atoms with Gasteiger partial charge in [-0.3, -0.25) is 0 Å². The van der Waals surface area contributed by atoms with Gasteiger partial charge < -0.3 is 15.6 Å². The molecule has 0 aromatic carbocycles. The van der Waals surface area contributed by atoms with E-state index in [4.69, 9.17) is 0 Å². The molecule has 0 fully saturated rings. The predicted octanol–water partition coefficient (Wildman–Crippen LogP) is 0.345. The molecule has 0 bridgehead atoms. The lowest BCUT2D eigenvalue weighted by atomic mass is 9.99. The van der Waals surface area contributed by atoms with Crippen molar-refractivity contribution in [1.29, 1.82) is 0 Å². The molecule has 0 spiro atoms. The Hall–Kier alpha value is -0.570. The summed E-state index contributed by atoms with van der Waals surface area (Å²) >= 11 is 0. The average Bonchev–Trinajstić information content (AvgIpc) is 2.10. The third kappa shape index (κ3) is 9.52. The van der Waals surface area contributed by atoms with Crippen LogP contribution in [0.25, 0.3) is 0 Å². The van der Waals surface area contributed by atoms with Crippen LogP contribution in [0.15, 0.2) is 0 Å². The zero-order chi connectivity index (χ0) is 10.8. The first kappa shape index (κ1) is 13.4.